The number of rotatable bonds is 4. The Hall–Kier alpha value is -3.08. The Morgan fingerprint density at radius 1 is 1.20 bits per heavy atom. The predicted molar refractivity (Wildman–Crippen MR) is 93.0 cm³/mol. The number of aromatic nitrogens is 1. The zero-order valence-electron chi connectivity index (χ0n) is 13.6. The average Bonchev–Trinajstić information content (AvgIpc) is 3.21. The molecule has 1 N–H and O–H groups in total. The number of hydrogen-bond acceptors (Lipinski definition) is 4. The molecule has 0 radical (unpaired) electrons. The molecule has 0 unspecified atom stereocenters. The summed E-state index contributed by atoms with van der Waals surface area (Å²) in [5.74, 6) is 1.46. The molecule has 0 saturated carbocycles. The van der Waals surface area contributed by atoms with Gasteiger partial charge in [0.05, 0.1) is 6.26 Å². The second kappa shape index (κ2) is 6.81. The van der Waals surface area contributed by atoms with E-state index in [4.69, 9.17) is 9.15 Å². The fraction of sp³-hybridized carbons (Fsp3) is 0.200. The van der Waals surface area contributed by atoms with Crippen molar-refractivity contribution in [1.29, 1.82) is 0 Å². The van der Waals surface area contributed by atoms with Gasteiger partial charge < -0.3 is 14.5 Å². The van der Waals surface area contributed by atoms with Crippen LogP contribution in [0.5, 0.6) is 5.75 Å². The standard InChI is InChI=1S/C20H18N2O3/c23-20(19-8-7-15-4-1-2-5-18(15)25-19)22-12-14-10-16(13-21-11-14)17-6-3-9-24-17/h1-6,9-11,13,19H,7-8,12H2,(H,22,23)/t19-/m0/s1. The molecule has 0 spiro atoms. The maximum Gasteiger partial charge on any atom is 0.261 e. The van der Waals surface area contributed by atoms with Gasteiger partial charge in [0.1, 0.15) is 11.5 Å². The largest absolute Gasteiger partial charge is 0.480 e. The highest BCUT2D eigenvalue weighted by Crippen LogP contribution is 2.27. The average molecular weight is 334 g/mol. The molecule has 1 aliphatic heterocycles. The molecule has 0 bridgehead atoms. The van der Waals surface area contributed by atoms with Crippen LogP contribution in [0, 0.1) is 0 Å². The molecule has 3 heterocycles. The van der Waals surface area contributed by atoms with Gasteiger partial charge in [-0.15, -0.1) is 0 Å². The first-order valence-electron chi connectivity index (χ1n) is 8.30. The number of nitrogens with one attached hydrogen (secondary N) is 1. The van der Waals surface area contributed by atoms with Crippen LogP contribution in [0.1, 0.15) is 17.5 Å². The van der Waals surface area contributed by atoms with Crippen molar-refractivity contribution in [3.05, 3.63) is 72.2 Å². The van der Waals surface area contributed by atoms with Crippen LogP contribution in [0.4, 0.5) is 0 Å². The summed E-state index contributed by atoms with van der Waals surface area (Å²) in [6.45, 7) is 0.405. The number of hydrogen-bond donors (Lipinski definition) is 1. The Labute approximate surface area is 145 Å². The van der Waals surface area contributed by atoms with E-state index in [1.54, 1.807) is 18.7 Å². The number of para-hydroxylation sites is 1. The van der Waals surface area contributed by atoms with Gasteiger partial charge >= 0.3 is 0 Å². The van der Waals surface area contributed by atoms with Crippen molar-refractivity contribution in [2.75, 3.05) is 0 Å². The molecule has 1 aliphatic rings. The first kappa shape index (κ1) is 15.4. The van der Waals surface area contributed by atoms with Gasteiger partial charge in [-0.3, -0.25) is 9.78 Å². The summed E-state index contributed by atoms with van der Waals surface area (Å²) in [7, 11) is 0. The quantitative estimate of drug-likeness (QED) is 0.795. The van der Waals surface area contributed by atoms with E-state index in [1.165, 1.54) is 0 Å². The van der Waals surface area contributed by atoms with Crippen LogP contribution in [-0.4, -0.2) is 17.0 Å². The number of furan rings is 1. The summed E-state index contributed by atoms with van der Waals surface area (Å²) in [4.78, 5) is 16.6. The third-order valence-corrected chi connectivity index (χ3v) is 4.28. The van der Waals surface area contributed by atoms with E-state index in [0.717, 1.165) is 34.6 Å². The molecule has 5 nitrogen and oxygen atoms in total. The van der Waals surface area contributed by atoms with Gasteiger partial charge in [-0.25, -0.2) is 0 Å². The van der Waals surface area contributed by atoms with Crippen LogP contribution in [0.2, 0.25) is 0 Å². The van der Waals surface area contributed by atoms with Gasteiger partial charge in [-0.1, -0.05) is 18.2 Å². The minimum absolute atomic E-state index is 0.0992. The second-order valence-electron chi connectivity index (χ2n) is 6.03. The van der Waals surface area contributed by atoms with Gasteiger partial charge in [0.2, 0.25) is 0 Å². The first-order valence-corrected chi connectivity index (χ1v) is 8.30. The number of fused-ring (bicyclic) bond motifs is 1. The van der Waals surface area contributed by atoms with Crippen molar-refractivity contribution in [2.45, 2.75) is 25.5 Å². The van der Waals surface area contributed by atoms with Crippen molar-refractivity contribution in [2.24, 2.45) is 0 Å². The van der Waals surface area contributed by atoms with Crippen LogP contribution in [0.25, 0.3) is 11.3 Å². The number of amides is 1. The zero-order valence-corrected chi connectivity index (χ0v) is 13.6. The van der Waals surface area contributed by atoms with Crippen LogP contribution in [0.15, 0.2) is 65.5 Å². The minimum Gasteiger partial charge on any atom is -0.480 e. The van der Waals surface area contributed by atoms with Crippen LogP contribution in [0.3, 0.4) is 0 Å². The minimum atomic E-state index is -0.448. The highest BCUT2D eigenvalue weighted by molar-refractivity contribution is 5.81. The molecule has 4 rings (SSSR count). The molecule has 0 aliphatic carbocycles. The van der Waals surface area contributed by atoms with Crippen molar-refractivity contribution in [3.63, 3.8) is 0 Å². The number of ether oxygens (including phenoxy) is 1. The molecule has 1 amide bonds. The third kappa shape index (κ3) is 3.40. The van der Waals surface area contributed by atoms with Crippen molar-refractivity contribution < 1.29 is 13.9 Å². The highest BCUT2D eigenvalue weighted by Gasteiger charge is 2.25. The Morgan fingerprint density at radius 2 is 2.12 bits per heavy atom. The smallest absolute Gasteiger partial charge is 0.261 e. The summed E-state index contributed by atoms with van der Waals surface area (Å²) >= 11 is 0. The van der Waals surface area contributed by atoms with Crippen molar-refractivity contribution >= 4 is 5.91 Å². The highest BCUT2D eigenvalue weighted by atomic mass is 16.5. The van der Waals surface area contributed by atoms with Gasteiger partial charge in [0.25, 0.3) is 5.91 Å². The van der Waals surface area contributed by atoms with E-state index in [2.05, 4.69) is 10.3 Å². The predicted octanol–water partition coefficient (Wildman–Crippen LogP) is 3.35. The van der Waals surface area contributed by atoms with Crippen molar-refractivity contribution in [1.82, 2.24) is 10.3 Å². The number of nitrogens with zero attached hydrogens (tertiary/aromatic N) is 1. The fourth-order valence-corrected chi connectivity index (χ4v) is 2.97. The summed E-state index contributed by atoms with van der Waals surface area (Å²) in [5, 5.41) is 2.94. The Bertz CT molecular complexity index is 874. The Kier molecular flexibility index (Phi) is 4.21. The maximum atomic E-state index is 12.4. The lowest BCUT2D eigenvalue weighted by Crippen LogP contribution is -2.40. The Balaban J connectivity index is 1.39. The summed E-state index contributed by atoms with van der Waals surface area (Å²) < 4.78 is 11.2. The maximum absolute atomic E-state index is 12.4. The monoisotopic (exact) mass is 334 g/mol. The van der Waals surface area contributed by atoms with Crippen LogP contribution in [-0.2, 0) is 17.8 Å². The summed E-state index contributed by atoms with van der Waals surface area (Å²) in [6.07, 6.45) is 6.20. The van der Waals surface area contributed by atoms with Gasteiger partial charge in [-0.05, 0) is 48.2 Å². The van der Waals surface area contributed by atoms with Crippen LogP contribution < -0.4 is 10.1 Å². The molecule has 1 aromatic carbocycles. The molecule has 5 heteroatoms. The number of carbonyl (C=O) groups is 1. The molecule has 1 atom stereocenters. The lowest BCUT2D eigenvalue weighted by Gasteiger charge is -2.25. The Morgan fingerprint density at radius 3 is 3.00 bits per heavy atom. The SMILES string of the molecule is O=C(NCc1cncc(-c2ccco2)c1)[C@@H]1CCc2ccccc2O1. The molecule has 25 heavy (non-hydrogen) atoms. The van der Waals surface area contributed by atoms with E-state index >= 15 is 0 Å². The fourth-order valence-electron chi connectivity index (χ4n) is 2.97. The summed E-state index contributed by atoms with van der Waals surface area (Å²) in [6, 6.07) is 13.5. The zero-order chi connectivity index (χ0) is 17.1. The molecule has 0 saturated heterocycles. The topological polar surface area (TPSA) is 64.4 Å². The lowest BCUT2D eigenvalue weighted by atomic mass is 10.0. The molecule has 0 fully saturated rings. The normalized spacial score (nSPS) is 15.9. The van der Waals surface area contributed by atoms with E-state index in [9.17, 15) is 4.79 Å². The number of benzene rings is 1. The molecular formula is C20H18N2O3. The van der Waals surface area contributed by atoms with E-state index in [1.807, 2.05) is 42.5 Å². The van der Waals surface area contributed by atoms with Gasteiger partial charge in [0, 0.05) is 24.5 Å². The van der Waals surface area contributed by atoms with Crippen LogP contribution >= 0.6 is 0 Å². The number of carbonyl (C=O) groups excluding carboxylic acids is 1. The third-order valence-electron chi connectivity index (χ3n) is 4.28. The number of pyridine rings is 1. The lowest BCUT2D eigenvalue weighted by molar-refractivity contribution is -0.128. The molecule has 126 valence electrons. The molecular weight excluding hydrogens is 316 g/mol. The van der Waals surface area contributed by atoms with E-state index < -0.39 is 6.10 Å². The molecule has 2 aromatic heterocycles. The van der Waals surface area contributed by atoms with E-state index in [-0.39, 0.29) is 5.91 Å². The van der Waals surface area contributed by atoms with Gasteiger partial charge in [0.15, 0.2) is 6.10 Å². The number of aryl methyl sites for hydroxylation is 1. The van der Waals surface area contributed by atoms with Crippen molar-refractivity contribution in [3.8, 4) is 17.1 Å². The summed E-state index contributed by atoms with van der Waals surface area (Å²) in [5.41, 5.74) is 2.96. The molecule has 3 aromatic rings. The van der Waals surface area contributed by atoms with E-state index in [0.29, 0.717) is 13.0 Å². The van der Waals surface area contributed by atoms with Gasteiger partial charge in [-0.2, -0.15) is 0 Å². The first-order chi connectivity index (χ1) is 12.3. The second-order valence-corrected chi connectivity index (χ2v) is 6.03.